The van der Waals surface area contributed by atoms with Crippen molar-refractivity contribution in [3.05, 3.63) is 23.8 Å². The van der Waals surface area contributed by atoms with Gasteiger partial charge in [-0.15, -0.1) is 0 Å². The summed E-state index contributed by atoms with van der Waals surface area (Å²) in [5.41, 5.74) is 1.80. The number of nitrogens with zero attached hydrogens (tertiary/aromatic N) is 1. The van der Waals surface area contributed by atoms with Gasteiger partial charge in [-0.25, -0.2) is 12.7 Å². The third-order valence-corrected chi connectivity index (χ3v) is 5.54. The number of sulfonamides is 1. The van der Waals surface area contributed by atoms with Crippen molar-refractivity contribution in [2.75, 3.05) is 25.5 Å². The molecule has 1 aliphatic rings. The normalized spacial score (nSPS) is 16.6. The summed E-state index contributed by atoms with van der Waals surface area (Å²) in [6, 6.07) is 5.36. The first kappa shape index (κ1) is 15.3. The fraction of sp³-hybridized carbons (Fsp3) is 0.571. The molecule has 0 saturated heterocycles. The van der Waals surface area contributed by atoms with Gasteiger partial charge in [-0.2, -0.15) is 0 Å². The molecule has 1 heterocycles. The van der Waals surface area contributed by atoms with Crippen LogP contribution in [0.15, 0.2) is 23.1 Å². The molecule has 1 aromatic rings. The zero-order valence-corrected chi connectivity index (χ0v) is 12.8. The van der Waals surface area contributed by atoms with E-state index >= 15 is 0 Å². The van der Waals surface area contributed by atoms with E-state index in [0.29, 0.717) is 17.9 Å². The molecule has 2 N–H and O–H groups in total. The second-order valence-corrected chi connectivity index (χ2v) is 7.29. The summed E-state index contributed by atoms with van der Waals surface area (Å²) < 4.78 is 26.6. The minimum Gasteiger partial charge on any atom is -0.393 e. The van der Waals surface area contributed by atoms with Crippen LogP contribution >= 0.6 is 0 Å². The van der Waals surface area contributed by atoms with E-state index < -0.39 is 16.1 Å². The van der Waals surface area contributed by atoms with Crippen molar-refractivity contribution in [3.63, 3.8) is 0 Å². The number of anilines is 1. The summed E-state index contributed by atoms with van der Waals surface area (Å²) in [4.78, 5) is 0.385. The number of hydrogen-bond acceptors (Lipinski definition) is 4. The topological polar surface area (TPSA) is 69.6 Å². The lowest BCUT2D eigenvalue weighted by Crippen LogP contribution is -2.31. The molecule has 1 atom stereocenters. The third kappa shape index (κ3) is 3.13. The zero-order chi connectivity index (χ0) is 14.8. The lowest BCUT2D eigenvalue weighted by Gasteiger charge is -2.24. The highest BCUT2D eigenvalue weighted by atomic mass is 32.2. The molecule has 112 valence electrons. The van der Waals surface area contributed by atoms with Gasteiger partial charge in [0.1, 0.15) is 0 Å². The summed E-state index contributed by atoms with van der Waals surface area (Å²) in [5.74, 6) is 0. The Morgan fingerprint density at radius 2 is 2.20 bits per heavy atom. The summed E-state index contributed by atoms with van der Waals surface area (Å²) >= 11 is 0. The average molecular weight is 298 g/mol. The fourth-order valence-corrected chi connectivity index (χ4v) is 3.83. The van der Waals surface area contributed by atoms with Crippen molar-refractivity contribution in [3.8, 4) is 0 Å². The van der Waals surface area contributed by atoms with E-state index in [2.05, 4.69) is 5.32 Å². The van der Waals surface area contributed by atoms with Crippen LogP contribution in [0.4, 0.5) is 5.69 Å². The highest BCUT2D eigenvalue weighted by molar-refractivity contribution is 7.89. The molecule has 0 aliphatic carbocycles. The Bertz CT molecular complexity index is 570. The highest BCUT2D eigenvalue weighted by Crippen LogP contribution is 2.29. The quantitative estimate of drug-likeness (QED) is 0.863. The molecule has 1 unspecified atom stereocenters. The van der Waals surface area contributed by atoms with Crippen molar-refractivity contribution >= 4 is 15.7 Å². The maximum absolute atomic E-state index is 12.6. The van der Waals surface area contributed by atoms with Gasteiger partial charge in [0.05, 0.1) is 11.0 Å². The van der Waals surface area contributed by atoms with Crippen LogP contribution in [0.25, 0.3) is 0 Å². The molecule has 0 aromatic heterocycles. The number of aliphatic hydroxyl groups is 1. The molecule has 0 saturated carbocycles. The molecule has 1 aromatic carbocycles. The minimum absolute atomic E-state index is 0.317. The monoisotopic (exact) mass is 298 g/mol. The van der Waals surface area contributed by atoms with Gasteiger partial charge < -0.3 is 10.4 Å². The van der Waals surface area contributed by atoms with E-state index in [1.807, 2.05) is 6.07 Å². The molecule has 0 radical (unpaired) electrons. The highest BCUT2D eigenvalue weighted by Gasteiger charge is 2.26. The average Bonchev–Trinajstić information content (AvgIpc) is 2.43. The van der Waals surface area contributed by atoms with Crippen LogP contribution in [0.2, 0.25) is 0 Å². The Morgan fingerprint density at radius 3 is 2.90 bits per heavy atom. The molecule has 0 amide bonds. The largest absolute Gasteiger partial charge is 0.393 e. The van der Waals surface area contributed by atoms with Gasteiger partial charge in [0.2, 0.25) is 10.0 Å². The van der Waals surface area contributed by atoms with Crippen molar-refractivity contribution in [2.45, 2.75) is 37.2 Å². The van der Waals surface area contributed by atoms with Crippen LogP contribution < -0.4 is 5.32 Å². The summed E-state index contributed by atoms with van der Waals surface area (Å²) in [6.45, 7) is 2.86. The van der Waals surface area contributed by atoms with Gasteiger partial charge in [-0.1, -0.05) is 6.07 Å². The molecule has 1 aliphatic heterocycles. The molecular weight excluding hydrogens is 276 g/mol. The van der Waals surface area contributed by atoms with Crippen LogP contribution in [-0.4, -0.2) is 44.1 Å². The van der Waals surface area contributed by atoms with Gasteiger partial charge in [0.25, 0.3) is 0 Å². The first-order valence-electron chi connectivity index (χ1n) is 6.93. The molecule has 0 bridgehead atoms. The Hall–Kier alpha value is -1.11. The summed E-state index contributed by atoms with van der Waals surface area (Å²) in [7, 11) is -1.93. The molecule has 6 heteroatoms. The van der Waals surface area contributed by atoms with Crippen LogP contribution in [-0.2, 0) is 16.4 Å². The lowest BCUT2D eigenvalue weighted by atomic mass is 10.0. The fourth-order valence-electron chi connectivity index (χ4n) is 2.38. The van der Waals surface area contributed by atoms with Crippen molar-refractivity contribution in [2.24, 2.45) is 0 Å². The standard InChI is InChI=1S/C14H22N2O3S/c1-11(17)8-10-16(2)20(18,19)14-7-3-6-13-12(14)5-4-9-15-13/h3,6-7,11,15,17H,4-5,8-10H2,1-2H3. The SMILES string of the molecule is CC(O)CCN(C)S(=O)(=O)c1cccc2c1CCCN2. The second-order valence-electron chi connectivity index (χ2n) is 5.28. The third-order valence-electron chi connectivity index (χ3n) is 3.60. The van der Waals surface area contributed by atoms with Crippen LogP contribution in [0.3, 0.4) is 0 Å². The summed E-state index contributed by atoms with van der Waals surface area (Å²) in [6.07, 6.45) is 1.65. The molecular formula is C14H22N2O3S. The Balaban J connectivity index is 2.30. The number of hydrogen-bond donors (Lipinski definition) is 2. The predicted molar refractivity (Wildman–Crippen MR) is 79.4 cm³/mol. The van der Waals surface area contributed by atoms with E-state index in [0.717, 1.165) is 30.6 Å². The van der Waals surface area contributed by atoms with Gasteiger partial charge >= 0.3 is 0 Å². The first-order valence-corrected chi connectivity index (χ1v) is 8.37. The Morgan fingerprint density at radius 1 is 1.45 bits per heavy atom. The smallest absolute Gasteiger partial charge is 0.243 e. The molecule has 0 spiro atoms. The summed E-state index contributed by atoms with van der Waals surface area (Å²) in [5, 5.41) is 12.5. The molecule has 5 nitrogen and oxygen atoms in total. The Kier molecular flexibility index (Phi) is 4.67. The predicted octanol–water partition coefficient (Wildman–Crippen LogP) is 1.44. The van der Waals surface area contributed by atoms with E-state index in [4.69, 9.17) is 0 Å². The molecule has 0 fully saturated rings. The number of nitrogens with one attached hydrogen (secondary N) is 1. The zero-order valence-electron chi connectivity index (χ0n) is 12.0. The molecule has 2 rings (SSSR count). The number of aliphatic hydroxyl groups excluding tert-OH is 1. The van der Waals surface area contributed by atoms with Crippen molar-refractivity contribution in [1.29, 1.82) is 0 Å². The van der Waals surface area contributed by atoms with Crippen molar-refractivity contribution < 1.29 is 13.5 Å². The van der Waals surface area contributed by atoms with Gasteiger partial charge in [-0.3, -0.25) is 0 Å². The Labute approximate surface area is 120 Å². The maximum Gasteiger partial charge on any atom is 0.243 e. The second kappa shape index (κ2) is 6.11. The number of benzene rings is 1. The van der Waals surface area contributed by atoms with E-state index in [1.54, 1.807) is 26.1 Å². The number of rotatable bonds is 5. The minimum atomic E-state index is -3.49. The van der Waals surface area contributed by atoms with E-state index in [1.165, 1.54) is 4.31 Å². The van der Waals surface area contributed by atoms with Crippen LogP contribution in [0, 0.1) is 0 Å². The number of fused-ring (bicyclic) bond motifs is 1. The molecule has 20 heavy (non-hydrogen) atoms. The van der Waals surface area contributed by atoms with E-state index in [9.17, 15) is 13.5 Å². The van der Waals surface area contributed by atoms with Crippen LogP contribution in [0.1, 0.15) is 25.3 Å². The first-order chi connectivity index (χ1) is 9.43. The maximum atomic E-state index is 12.6. The van der Waals surface area contributed by atoms with Gasteiger partial charge in [-0.05, 0) is 43.9 Å². The van der Waals surface area contributed by atoms with E-state index in [-0.39, 0.29) is 0 Å². The van der Waals surface area contributed by atoms with Crippen LogP contribution in [0.5, 0.6) is 0 Å². The van der Waals surface area contributed by atoms with Crippen molar-refractivity contribution in [1.82, 2.24) is 4.31 Å². The lowest BCUT2D eigenvalue weighted by molar-refractivity contribution is 0.177. The van der Waals surface area contributed by atoms with Gasteiger partial charge in [0, 0.05) is 25.8 Å². The van der Waals surface area contributed by atoms with Gasteiger partial charge in [0.15, 0.2) is 0 Å².